The van der Waals surface area contributed by atoms with Crippen LogP contribution in [0.25, 0.3) is 16.5 Å². The molecule has 0 fully saturated rings. The molecule has 0 radical (unpaired) electrons. The number of H-pyrrole nitrogens is 1. The van der Waals surface area contributed by atoms with E-state index in [0.29, 0.717) is 4.90 Å². The average molecular weight is 340 g/mol. The summed E-state index contributed by atoms with van der Waals surface area (Å²) in [4.78, 5) is 4.71. The van der Waals surface area contributed by atoms with Gasteiger partial charge in [-0.3, -0.25) is 10.1 Å². The van der Waals surface area contributed by atoms with Crippen molar-refractivity contribution in [2.45, 2.75) is 25.7 Å². The number of anilines is 2. The van der Waals surface area contributed by atoms with E-state index in [4.69, 9.17) is 0 Å². The number of hydrogen-bond donors (Lipinski definition) is 2. The predicted octanol–water partition coefficient (Wildman–Crippen LogP) is 3.47. The van der Waals surface area contributed by atoms with Gasteiger partial charge >= 0.3 is 0 Å². The van der Waals surface area contributed by atoms with E-state index >= 15 is 0 Å². The largest absolute Gasteiger partial charge is 0.338 e. The van der Waals surface area contributed by atoms with Gasteiger partial charge in [0, 0.05) is 28.2 Å². The van der Waals surface area contributed by atoms with Crippen molar-refractivity contribution in [2.24, 2.45) is 0 Å². The second-order valence-electron chi connectivity index (χ2n) is 6.02. The molecule has 0 bridgehead atoms. The van der Waals surface area contributed by atoms with E-state index < -0.39 is 9.84 Å². The molecule has 7 heteroatoms. The van der Waals surface area contributed by atoms with Gasteiger partial charge in [-0.15, -0.1) is 0 Å². The zero-order chi connectivity index (χ0) is 17.1. The van der Waals surface area contributed by atoms with Crippen LogP contribution in [0.2, 0.25) is 0 Å². The smallest absolute Gasteiger partial charge is 0.200 e. The Kier molecular flexibility index (Phi) is 3.05. The molecule has 0 unspecified atom stereocenters. The summed E-state index contributed by atoms with van der Waals surface area (Å²) in [6, 6.07) is 5.34. The van der Waals surface area contributed by atoms with Crippen LogP contribution in [0.1, 0.15) is 23.7 Å². The fourth-order valence-corrected chi connectivity index (χ4v) is 4.45. The van der Waals surface area contributed by atoms with Crippen LogP contribution in [0.15, 0.2) is 34.7 Å². The van der Waals surface area contributed by atoms with Gasteiger partial charge in [0.2, 0.25) is 9.84 Å². The minimum absolute atomic E-state index is 0.332. The summed E-state index contributed by atoms with van der Waals surface area (Å²) in [5.74, 6) is 0.720. The molecule has 1 aliphatic heterocycles. The Balaban J connectivity index is 1.91. The van der Waals surface area contributed by atoms with Gasteiger partial charge in [0.05, 0.1) is 16.1 Å². The van der Waals surface area contributed by atoms with E-state index in [2.05, 4.69) is 20.5 Å². The Morgan fingerprint density at radius 2 is 1.96 bits per heavy atom. The molecule has 0 aliphatic carbocycles. The number of benzene rings is 1. The zero-order valence-corrected chi connectivity index (χ0v) is 14.3. The van der Waals surface area contributed by atoms with Crippen molar-refractivity contribution >= 4 is 37.8 Å². The SMILES string of the molecule is CC1=CS(=O)(=O)c2cc3c(Nc4n[nH]c(C)c4C)ccnc3cc21. The normalized spacial score (nSPS) is 15.4. The van der Waals surface area contributed by atoms with Crippen LogP contribution >= 0.6 is 0 Å². The highest BCUT2D eigenvalue weighted by Gasteiger charge is 2.26. The molecule has 1 aromatic carbocycles. The number of rotatable bonds is 2. The van der Waals surface area contributed by atoms with Crippen molar-refractivity contribution in [2.75, 3.05) is 5.32 Å². The van der Waals surface area contributed by atoms with Gasteiger partial charge in [0.1, 0.15) is 0 Å². The van der Waals surface area contributed by atoms with Crippen molar-refractivity contribution in [3.05, 3.63) is 46.6 Å². The maximum Gasteiger partial charge on any atom is 0.200 e. The fourth-order valence-electron chi connectivity index (χ4n) is 2.92. The van der Waals surface area contributed by atoms with Crippen LogP contribution in [0.5, 0.6) is 0 Å². The molecule has 4 rings (SSSR count). The van der Waals surface area contributed by atoms with E-state index in [1.165, 1.54) is 5.41 Å². The van der Waals surface area contributed by atoms with Gasteiger partial charge in [-0.1, -0.05) is 0 Å². The van der Waals surface area contributed by atoms with E-state index in [-0.39, 0.29) is 0 Å². The first-order valence-corrected chi connectivity index (χ1v) is 9.06. The van der Waals surface area contributed by atoms with E-state index in [0.717, 1.165) is 44.8 Å². The third-order valence-corrected chi connectivity index (χ3v) is 6.03. The predicted molar refractivity (Wildman–Crippen MR) is 93.9 cm³/mol. The molecule has 3 aromatic rings. The molecule has 2 aromatic heterocycles. The number of hydrogen-bond acceptors (Lipinski definition) is 5. The first-order chi connectivity index (χ1) is 11.4. The lowest BCUT2D eigenvalue weighted by molar-refractivity contribution is 0.605. The van der Waals surface area contributed by atoms with Crippen LogP contribution in [0.4, 0.5) is 11.5 Å². The maximum absolute atomic E-state index is 12.3. The summed E-state index contributed by atoms with van der Waals surface area (Å²) in [5, 5.41) is 12.5. The monoisotopic (exact) mass is 340 g/mol. The van der Waals surface area contributed by atoms with Crippen LogP contribution in [0, 0.1) is 13.8 Å². The number of nitrogens with one attached hydrogen (secondary N) is 2. The second-order valence-corrected chi connectivity index (χ2v) is 7.78. The highest BCUT2D eigenvalue weighted by molar-refractivity contribution is 7.95. The third kappa shape index (κ3) is 2.12. The van der Waals surface area contributed by atoms with Gasteiger partial charge in [-0.2, -0.15) is 5.10 Å². The van der Waals surface area contributed by atoms with E-state index in [9.17, 15) is 8.42 Å². The maximum atomic E-state index is 12.3. The summed E-state index contributed by atoms with van der Waals surface area (Å²) in [6.07, 6.45) is 1.70. The molecule has 0 saturated carbocycles. The van der Waals surface area contributed by atoms with Crippen LogP contribution in [0.3, 0.4) is 0 Å². The van der Waals surface area contributed by atoms with Crippen molar-refractivity contribution in [1.29, 1.82) is 0 Å². The van der Waals surface area contributed by atoms with Crippen molar-refractivity contribution in [3.8, 4) is 0 Å². The summed E-state index contributed by atoms with van der Waals surface area (Å²) in [5.41, 5.74) is 4.99. The Hall–Kier alpha value is -2.67. The molecule has 2 N–H and O–H groups in total. The molecule has 24 heavy (non-hydrogen) atoms. The van der Waals surface area contributed by atoms with Crippen LogP contribution in [-0.4, -0.2) is 23.6 Å². The molecule has 122 valence electrons. The molecule has 0 atom stereocenters. The van der Waals surface area contributed by atoms with E-state index in [1.54, 1.807) is 19.2 Å². The number of allylic oxidation sites excluding steroid dienone is 1. The number of sulfone groups is 1. The van der Waals surface area contributed by atoms with Crippen molar-refractivity contribution in [1.82, 2.24) is 15.2 Å². The highest BCUT2D eigenvalue weighted by Crippen LogP contribution is 2.37. The molecular weight excluding hydrogens is 324 g/mol. The third-order valence-electron chi connectivity index (χ3n) is 4.41. The second kappa shape index (κ2) is 4.91. The van der Waals surface area contributed by atoms with Crippen molar-refractivity contribution in [3.63, 3.8) is 0 Å². The average Bonchev–Trinajstić information content (AvgIpc) is 2.96. The molecule has 6 nitrogen and oxygen atoms in total. The summed E-state index contributed by atoms with van der Waals surface area (Å²) < 4.78 is 24.6. The summed E-state index contributed by atoms with van der Waals surface area (Å²) >= 11 is 0. The fraction of sp³-hybridized carbons (Fsp3) is 0.176. The number of aromatic nitrogens is 3. The van der Waals surface area contributed by atoms with Gasteiger partial charge in [0.15, 0.2) is 5.82 Å². The number of nitrogens with zero attached hydrogens (tertiary/aromatic N) is 2. The topological polar surface area (TPSA) is 87.7 Å². The molecule has 0 saturated heterocycles. The van der Waals surface area contributed by atoms with Crippen molar-refractivity contribution < 1.29 is 8.42 Å². The standard InChI is InChI=1S/C17H16N4O2S/c1-9-8-24(22,23)16-7-13-14(4-5-18-15(13)6-12(9)16)19-17-10(2)11(3)20-21-17/h4-8H,1-3H3,(H2,18,19,20,21). The molecule has 1 aliphatic rings. The molecule has 0 amide bonds. The first-order valence-electron chi connectivity index (χ1n) is 7.52. The van der Waals surface area contributed by atoms with Gasteiger partial charge in [0.25, 0.3) is 0 Å². The lowest BCUT2D eigenvalue weighted by atomic mass is 10.1. The minimum atomic E-state index is -3.38. The summed E-state index contributed by atoms with van der Waals surface area (Å²) in [6.45, 7) is 5.72. The number of aryl methyl sites for hydroxylation is 1. The van der Waals surface area contributed by atoms with Gasteiger partial charge in [-0.25, -0.2) is 8.42 Å². The van der Waals surface area contributed by atoms with Crippen LogP contribution < -0.4 is 5.32 Å². The molecule has 3 heterocycles. The number of pyridine rings is 1. The molecule has 0 spiro atoms. The summed E-state index contributed by atoms with van der Waals surface area (Å²) in [7, 11) is -3.38. The highest BCUT2D eigenvalue weighted by atomic mass is 32.2. The number of aromatic amines is 1. The van der Waals surface area contributed by atoms with E-state index in [1.807, 2.05) is 26.0 Å². The lowest BCUT2D eigenvalue weighted by Crippen LogP contribution is -1.98. The van der Waals surface area contributed by atoms with Gasteiger partial charge in [-0.05, 0) is 50.1 Å². The van der Waals surface area contributed by atoms with Gasteiger partial charge < -0.3 is 5.32 Å². The number of fused-ring (bicyclic) bond motifs is 2. The zero-order valence-electron chi connectivity index (χ0n) is 13.5. The Morgan fingerprint density at radius 1 is 1.17 bits per heavy atom. The minimum Gasteiger partial charge on any atom is -0.338 e. The molecular formula is C17H16N4O2S. The quantitative estimate of drug-likeness (QED) is 0.746. The Bertz CT molecular complexity index is 1130. The Morgan fingerprint density at radius 3 is 2.67 bits per heavy atom. The lowest BCUT2D eigenvalue weighted by Gasteiger charge is -2.10. The first kappa shape index (κ1) is 14.9. The Labute approximate surface area is 139 Å². The van der Waals surface area contributed by atoms with Crippen LogP contribution in [-0.2, 0) is 9.84 Å².